The van der Waals surface area contributed by atoms with Crippen molar-refractivity contribution in [2.45, 2.75) is 19.8 Å². The summed E-state index contributed by atoms with van der Waals surface area (Å²) >= 11 is 0. The average Bonchev–Trinajstić information content (AvgIpc) is 2.42. The molecule has 0 fully saturated rings. The molecule has 0 aliphatic rings. The lowest BCUT2D eigenvalue weighted by molar-refractivity contribution is 0.347. The molecule has 0 saturated carbocycles. The Kier molecular flexibility index (Phi) is 6.36. The zero-order valence-corrected chi connectivity index (χ0v) is 11.7. The molecule has 1 aromatic rings. The molecule has 1 rings (SSSR count). The maximum Gasteiger partial charge on any atom is 0.164 e. The molecule has 0 amide bonds. The molecule has 1 N–H and O–H groups in total. The van der Waals surface area contributed by atoms with E-state index in [0.717, 1.165) is 43.0 Å². The Bertz CT molecular complexity index is 366. The third kappa shape index (κ3) is 3.81. The van der Waals surface area contributed by atoms with Crippen LogP contribution in [0.1, 0.15) is 18.9 Å². The van der Waals surface area contributed by atoms with Crippen molar-refractivity contribution in [1.29, 1.82) is 0 Å². The van der Waals surface area contributed by atoms with Crippen molar-refractivity contribution in [2.24, 2.45) is 0 Å². The highest BCUT2D eigenvalue weighted by Crippen LogP contribution is 2.34. The standard InChI is InChI=1S/C14H23NO3/c1-5-7-15-8-6-11-9-13(17-3)14(18-4)10-12(11)16-2/h9-10,15H,5-8H2,1-4H3. The van der Waals surface area contributed by atoms with Crippen LogP contribution in [0.15, 0.2) is 12.1 Å². The van der Waals surface area contributed by atoms with E-state index in [1.807, 2.05) is 12.1 Å². The zero-order valence-electron chi connectivity index (χ0n) is 11.7. The largest absolute Gasteiger partial charge is 0.496 e. The first-order valence-electron chi connectivity index (χ1n) is 6.26. The molecule has 0 aliphatic carbocycles. The third-order valence-electron chi connectivity index (χ3n) is 2.78. The smallest absolute Gasteiger partial charge is 0.164 e. The number of rotatable bonds is 8. The second kappa shape index (κ2) is 7.82. The van der Waals surface area contributed by atoms with Crippen LogP contribution in [0.25, 0.3) is 0 Å². The van der Waals surface area contributed by atoms with Gasteiger partial charge in [0.15, 0.2) is 11.5 Å². The summed E-state index contributed by atoms with van der Waals surface area (Å²) in [5.41, 5.74) is 1.12. The molecule has 4 nitrogen and oxygen atoms in total. The van der Waals surface area contributed by atoms with Crippen LogP contribution in [0.3, 0.4) is 0 Å². The summed E-state index contributed by atoms with van der Waals surface area (Å²) in [4.78, 5) is 0. The van der Waals surface area contributed by atoms with E-state index >= 15 is 0 Å². The fourth-order valence-corrected chi connectivity index (χ4v) is 1.81. The summed E-state index contributed by atoms with van der Waals surface area (Å²) in [5, 5.41) is 3.37. The first kappa shape index (κ1) is 14.6. The molecule has 0 bridgehead atoms. The van der Waals surface area contributed by atoms with Crippen LogP contribution in [0.5, 0.6) is 17.2 Å². The molecule has 0 saturated heterocycles. The fourth-order valence-electron chi connectivity index (χ4n) is 1.81. The van der Waals surface area contributed by atoms with E-state index in [1.54, 1.807) is 21.3 Å². The van der Waals surface area contributed by atoms with Crippen molar-refractivity contribution in [3.63, 3.8) is 0 Å². The van der Waals surface area contributed by atoms with Gasteiger partial charge in [0.05, 0.1) is 21.3 Å². The van der Waals surface area contributed by atoms with Gasteiger partial charge in [-0.3, -0.25) is 0 Å². The molecular weight excluding hydrogens is 230 g/mol. The molecular formula is C14H23NO3. The lowest BCUT2D eigenvalue weighted by Gasteiger charge is -2.14. The van der Waals surface area contributed by atoms with Crippen LogP contribution in [0.4, 0.5) is 0 Å². The Morgan fingerprint density at radius 1 is 0.889 bits per heavy atom. The lowest BCUT2D eigenvalue weighted by Crippen LogP contribution is -2.18. The van der Waals surface area contributed by atoms with Crippen LogP contribution in [-0.4, -0.2) is 34.4 Å². The van der Waals surface area contributed by atoms with E-state index in [0.29, 0.717) is 5.75 Å². The Balaban J connectivity index is 2.81. The zero-order chi connectivity index (χ0) is 13.4. The van der Waals surface area contributed by atoms with E-state index in [4.69, 9.17) is 14.2 Å². The summed E-state index contributed by atoms with van der Waals surface area (Å²) in [5.74, 6) is 2.27. The average molecular weight is 253 g/mol. The first-order chi connectivity index (χ1) is 8.76. The highest BCUT2D eigenvalue weighted by molar-refractivity contribution is 5.50. The summed E-state index contributed by atoms with van der Waals surface area (Å²) in [6.45, 7) is 4.12. The Morgan fingerprint density at radius 3 is 2.06 bits per heavy atom. The van der Waals surface area contributed by atoms with E-state index < -0.39 is 0 Å². The molecule has 0 aliphatic heterocycles. The van der Waals surface area contributed by atoms with Gasteiger partial charge in [-0.15, -0.1) is 0 Å². The number of ether oxygens (including phenoxy) is 3. The molecule has 0 unspecified atom stereocenters. The predicted molar refractivity (Wildman–Crippen MR) is 73.0 cm³/mol. The van der Waals surface area contributed by atoms with Gasteiger partial charge < -0.3 is 19.5 Å². The SMILES string of the molecule is CCCNCCc1cc(OC)c(OC)cc1OC. The van der Waals surface area contributed by atoms with Gasteiger partial charge in [-0.25, -0.2) is 0 Å². The van der Waals surface area contributed by atoms with Crippen molar-refractivity contribution in [2.75, 3.05) is 34.4 Å². The second-order valence-corrected chi connectivity index (χ2v) is 4.02. The summed E-state index contributed by atoms with van der Waals surface area (Å²) < 4.78 is 15.9. The molecule has 0 radical (unpaired) electrons. The molecule has 102 valence electrons. The van der Waals surface area contributed by atoms with Gasteiger partial charge in [-0.2, -0.15) is 0 Å². The molecule has 1 aromatic carbocycles. The van der Waals surface area contributed by atoms with Gasteiger partial charge in [0.1, 0.15) is 5.75 Å². The minimum absolute atomic E-state index is 0.694. The van der Waals surface area contributed by atoms with Gasteiger partial charge in [0.25, 0.3) is 0 Å². The first-order valence-corrected chi connectivity index (χ1v) is 6.26. The van der Waals surface area contributed by atoms with Crippen LogP contribution >= 0.6 is 0 Å². The van der Waals surface area contributed by atoms with Crippen LogP contribution in [0.2, 0.25) is 0 Å². The quantitative estimate of drug-likeness (QED) is 0.721. The van der Waals surface area contributed by atoms with Crippen molar-refractivity contribution >= 4 is 0 Å². The number of methoxy groups -OCH3 is 3. The maximum atomic E-state index is 5.38. The molecule has 0 atom stereocenters. The minimum atomic E-state index is 0.694. The highest BCUT2D eigenvalue weighted by Gasteiger charge is 2.11. The van der Waals surface area contributed by atoms with Crippen molar-refractivity contribution in [1.82, 2.24) is 5.32 Å². The summed E-state index contributed by atoms with van der Waals surface area (Å²) in [6, 6.07) is 3.85. The molecule has 0 aromatic heterocycles. The lowest BCUT2D eigenvalue weighted by atomic mass is 10.1. The van der Waals surface area contributed by atoms with Crippen LogP contribution < -0.4 is 19.5 Å². The maximum absolute atomic E-state index is 5.38. The minimum Gasteiger partial charge on any atom is -0.496 e. The second-order valence-electron chi connectivity index (χ2n) is 4.02. The number of benzene rings is 1. The number of hydrogen-bond acceptors (Lipinski definition) is 4. The summed E-state index contributed by atoms with van der Waals surface area (Å²) in [6.07, 6.45) is 2.05. The number of nitrogens with one attached hydrogen (secondary N) is 1. The fraction of sp³-hybridized carbons (Fsp3) is 0.571. The highest BCUT2D eigenvalue weighted by atomic mass is 16.5. The number of hydrogen-bond donors (Lipinski definition) is 1. The van der Waals surface area contributed by atoms with Gasteiger partial charge in [0.2, 0.25) is 0 Å². The van der Waals surface area contributed by atoms with Crippen molar-refractivity contribution < 1.29 is 14.2 Å². The van der Waals surface area contributed by atoms with E-state index in [1.165, 1.54) is 0 Å². The van der Waals surface area contributed by atoms with Gasteiger partial charge in [-0.1, -0.05) is 6.92 Å². The van der Waals surface area contributed by atoms with Crippen LogP contribution in [-0.2, 0) is 6.42 Å². The Hall–Kier alpha value is -1.42. The summed E-state index contributed by atoms with van der Waals surface area (Å²) in [7, 11) is 4.94. The van der Waals surface area contributed by atoms with Crippen molar-refractivity contribution in [3.8, 4) is 17.2 Å². The molecule has 18 heavy (non-hydrogen) atoms. The molecule has 4 heteroatoms. The van der Waals surface area contributed by atoms with E-state index in [-0.39, 0.29) is 0 Å². The van der Waals surface area contributed by atoms with Gasteiger partial charge >= 0.3 is 0 Å². The van der Waals surface area contributed by atoms with E-state index in [9.17, 15) is 0 Å². The van der Waals surface area contributed by atoms with Gasteiger partial charge in [-0.05, 0) is 37.6 Å². The van der Waals surface area contributed by atoms with E-state index in [2.05, 4.69) is 12.2 Å². The normalized spacial score (nSPS) is 10.2. The predicted octanol–water partition coefficient (Wildman–Crippen LogP) is 2.25. The van der Waals surface area contributed by atoms with Crippen molar-refractivity contribution in [3.05, 3.63) is 17.7 Å². The third-order valence-corrected chi connectivity index (χ3v) is 2.78. The molecule has 0 spiro atoms. The molecule has 0 heterocycles. The van der Waals surface area contributed by atoms with Crippen LogP contribution in [0, 0.1) is 0 Å². The Morgan fingerprint density at radius 2 is 1.50 bits per heavy atom. The monoisotopic (exact) mass is 253 g/mol. The Labute approximate surface area is 109 Å². The van der Waals surface area contributed by atoms with Gasteiger partial charge in [0, 0.05) is 6.07 Å². The topological polar surface area (TPSA) is 39.7 Å².